The minimum Gasteiger partial charge on any atom is -0.381 e. The van der Waals surface area contributed by atoms with Gasteiger partial charge in [-0.1, -0.05) is 0 Å². The summed E-state index contributed by atoms with van der Waals surface area (Å²) in [7, 11) is 1.71. The Bertz CT molecular complexity index is 1610. The number of anilines is 3. The lowest BCUT2D eigenvalue weighted by Crippen LogP contribution is -2.54. The van der Waals surface area contributed by atoms with Crippen LogP contribution < -0.4 is 20.9 Å². The second-order valence-corrected chi connectivity index (χ2v) is 10.7. The predicted octanol–water partition coefficient (Wildman–Crippen LogP) is 3.07. The summed E-state index contributed by atoms with van der Waals surface area (Å²) in [5, 5.41) is 14.5. The molecule has 12 heteroatoms. The molecule has 0 radical (unpaired) electrons. The Morgan fingerprint density at radius 1 is 1.12 bits per heavy atom. The van der Waals surface area contributed by atoms with Crippen LogP contribution in [-0.2, 0) is 16.6 Å². The maximum atomic E-state index is 14.7. The molecule has 4 heterocycles. The van der Waals surface area contributed by atoms with Crippen LogP contribution >= 0.6 is 0 Å². The quantitative estimate of drug-likeness (QED) is 0.349. The highest BCUT2D eigenvalue weighted by Gasteiger charge is 2.27. The number of hydrogen-bond donors (Lipinski definition) is 3. The van der Waals surface area contributed by atoms with Gasteiger partial charge in [0.05, 0.1) is 23.6 Å². The number of piperazine rings is 1. The van der Waals surface area contributed by atoms with E-state index >= 15 is 0 Å². The number of nitrogens with zero attached hydrogens (tertiary/aromatic N) is 5. The van der Waals surface area contributed by atoms with Crippen molar-refractivity contribution in [1.29, 1.82) is 0 Å². The maximum absolute atomic E-state index is 14.7. The number of carbonyl (C=O) groups excluding carboxylic acids is 2. The standard InChI is InChI=1S/C28H31FN8O3/c1-15-11-37(12-16(2)31-15)23-5-4-20(27(39)32-19-8-18-13-36(3)35-24(18)22(29)9-19)25-21(23)10-30-28(33-25)34-26(38)17-6-7-40-14-17/h4-5,8-10,13,15-17,31H,6-7,11-12,14H2,1-3H3,(H,32,39)(H,30,33,34,38). The summed E-state index contributed by atoms with van der Waals surface area (Å²) in [5.41, 5.74) is 2.11. The van der Waals surface area contributed by atoms with Crippen molar-refractivity contribution in [2.24, 2.45) is 13.0 Å². The van der Waals surface area contributed by atoms with Gasteiger partial charge in [-0.3, -0.25) is 19.6 Å². The summed E-state index contributed by atoms with van der Waals surface area (Å²) < 4.78 is 21.5. The smallest absolute Gasteiger partial charge is 0.257 e. The fourth-order valence-corrected chi connectivity index (χ4v) is 5.58. The van der Waals surface area contributed by atoms with Gasteiger partial charge in [-0.25, -0.2) is 14.4 Å². The lowest BCUT2D eigenvalue weighted by molar-refractivity contribution is -0.119. The Morgan fingerprint density at radius 2 is 1.93 bits per heavy atom. The van der Waals surface area contributed by atoms with Crippen LogP contribution in [0.25, 0.3) is 21.8 Å². The van der Waals surface area contributed by atoms with Gasteiger partial charge in [0, 0.05) is 73.4 Å². The molecule has 2 fully saturated rings. The van der Waals surface area contributed by atoms with E-state index < -0.39 is 11.7 Å². The average molecular weight is 547 g/mol. The number of fused-ring (bicyclic) bond motifs is 2. The summed E-state index contributed by atoms with van der Waals surface area (Å²) in [4.78, 5) is 37.6. The molecule has 2 amide bonds. The van der Waals surface area contributed by atoms with Crippen LogP contribution in [0.1, 0.15) is 30.6 Å². The molecule has 2 aliphatic rings. The average Bonchev–Trinajstić information content (AvgIpc) is 3.57. The first kappa shape index (κ1) is 26.1. The number of amides is 2. The third-order valence-electron chi connectivity index (χ3n) is 7.34. The van der Waals surface area contributed by atoms with Crippen molar-refractivity contribution in [2.45, 2.75) is 32.4 Å². The first-order valence-electron chi connectivity index (χ1n) is 13.4. The van der Waals surface area contributed by atoms with Crippen molar-refractivity contribution in [2.75, 3.05) is 41.8 Å². The van der Waals surface area contributed by atoms with E-state index in [1.807, 2.05) is 6.07 Å². The molecule has 0 spiro atoms. The lowest BCUT2D eigenvalue weighted by atomic mass is 10.0. The number of ether oxygens (including phenoxy) is 1. The van der Waals surface area contributed by atoms with E-state index in [1.54, 1.807) is 31.6 Å². The van der Waals surface area contributed by atoms with Gasteiger partial charge in [0.25, 0.3) is 5.91 Å². The van der Waals surface area contributed by atoms with Crippen molar-refractivity contribution in [3.63, 3.8) is 0 Å². The first-order chi connectivity index (χ1) is 19.2. The molecular weight excluding hydrogens is 515 g/mol. The molecule has 2 saturated heterocycles. The molecule has 6 rings (SSSR count). The second-order valence-electron chi connectivity index (χ2n) is 10.7. The predicted molar refractivity (Wildman–Crippen MR) is 150 cm³/mol. The first-order valence-corrected chi connectivity index (χ1v) is 13.4. The Balaban J connectivity index is 1.38. The van der Waals surface area contributed by atoms with Crippen molar-refractivity contribution in [3.05, 3.63) is 48.0 Å². The number of benzene rings is 2. The van der Waals surface area contributed by atoms with Gasteiger partial charge < -0.3 is 20.3 Å². The summed E-state index contributed by atoms with van der Waals surface area (Å²) in [5.74, 6) is -1.36. The number of aryl methyl sites for hydroxylation is 1. The molecule has 2 aliphatic heterocycles. The topological polar surface area (TPSA) is 126 Å². The number of carbonyl (C=O) groups is 2. The van der Waals surface area contributed by atoms with E-state index in [0.29, 0.717) is 41.6 Å². The molecular formula is C28H31FN8O3. The zero-order valence-corrected chi connectivity index (χ0v) is 22.6. The molecule has 3 atom stereocenters. The molecule has 2 aromatic carbocycles. The summed E-state index contributed by atoms with van der Waals surface area (Å²) in [6, 6.07) is 7.07. The zero-order chi connectivity index (χ0) is 28.0. The van der Waals surface area contributed by atoms with Gasteiger partial charge in [-0.15, -0.1) is 0 Å². The minimum absolute atomic E-state index is 0.112. The largest absolute Gasteiger partial charge is 0.381 e. The van der Waals surface area contributed by atoms with Gasteiger partial charge in [-0.05, 0) is 44.5 Å². The van der Waals surface area contributed by atoms with E-state index in [-0.39, 0.29) is 40.9 Å². The third-order valence-corrected chi connectivity index (χ3v) is 7.34. The Labute approximate surface area is 230 Å². The zero-order valence-electron chi connectivity index (χ0n) is 22.6. The second kappa shape index (κ2) is 10.4. The number of halogens is 1. The van der Waals surface area contributed by atoms with Crippen LogP contribution in [-0.4, -0.2) is 69.9 Å². The Hall–Kier alpha value is -4.16. The molecule has 3 unspecified atom stereocenters. The SMILES string of the molecule is CC1CN(c2ccc(C(=O)Nc3cc(F)c4nn(C)cc4c3)c3nc(NC(=O)C4CCOC4)ncc23)CC(C)N1. The number of aromatic nitrogens is 4. The van der Waals surface area contributed by atoms with E-state index in [9.17, 15) is 14.0 Å². The van der Waals surface area contributed by atoms with E-state index in [2.05, 4.69) is 49.8 Å². The highest BCUT2D eigenvalue weighted by molar-refractivity contribution is 6.14. The number of nitrogens with one attached hydrogen (secondary N) is 3. The van der Waals surface area contributed by atoms with Gasteiger partial charge in [0.15, 0.2) is 5.82 Å². The summed E-state index contributed by atoms with van der Waals surface area (Å²) in [6.45, 7) is 6.69. The highest BCUT2D eigenvalue weighted by atomic mass is 19.1. The fourth-order valence-electron chi connectivity index (χ4n) is 5.58. The molecule has 11 nitrogen and oxygen atoms in total. The third kappa shape index (κ3) is 5.07. The van der Waals surface area contributed by atoms with Crippen LogP contribution in [0.3, 0.4) is 0 Å². The molecule has 0 saturated carbocycles. The molecule has 40 heavy (non-hydrogen) atoms. The van der Waals surface area contributed by atoms with E-state index in [1.165, 1.54) is 10.7 Å². The maximum Gasteiger partial charge on any atom is 0.257 e. The molecule has 0 bridgehead atoms. The molecule has 3 N–H and O–H groups in total. The molecule has 4 aromatic rings. The lowest BCUT2D eigenvalue weighted by Gasteiger charge is -2.38. The molecule has 0 aliphatic carbocycles. The Kier molecular flexibility index (Phi) is 6.80. The van der Waals surface area contributed by atoms with Crippen LogP contribution in [0.4, 0.5) is 21.7 Å². The highest BCUT2D eigenvalue weighted by Crippen LogP contribution is 2.31. The van der Waals surface area contributed by atoms with Crippen molar-refractivity contribution in [3.8, 4) is 0 Å². The van der Waals surface area contributed by atoms with Crippen LogP contribution in [0.5, 0.6) is 0 Å². The van der Waals surface area contributed by atoms with Crippen LogP contribution in [0.2, 0.25) is 0 Å². The van der Waals surface area contributed by atoms with Gasteiger partial charge in [0.1, 0.15) is 5.52 Å². The van der Waals surface area contributed by atoms with Crippen LogP contribution in [0.15, 0.2) is 36.7 Å². The van der Waals surface area contributed by atoms with E-state index in [0.717, 1.165) is 18.8 Å². The number of hydrogen-bond acceptors (Lipinski definition) is 8. The summed E-state index contributed by atoms with van der Waals surface area (Å²) >= 11 is 0. The van der Waals surface area contributed by atoms with Gasteiger partial charge in [-0.2, -0.15) is 5.10 Å². The Morgan fingerprint density at radius 3 is 2.67 bits per heavy atom. The van der Waals surface area contributed by atoms with Crippen molar-refractivity contribution < 1.29 is 18.7 Å². The van der Waals surface area contributed by atoms with Gasteiger partial charge >= 0.3 is 0 Å². The van der Waals surface area contributed by atoms with Crippen molar-refractivity contribution in [1.82, 2.24) is 25.1 Å². The summed E-state index contributed by atoms with van der Waals surface area (Å²) in [6.07, 6.45) is 3.97. The fraction of sp³-hybridized carbons (Fsp3) is 0.393. The normalized spacial score (nSPS) is 21.2. The number of rotatable bonds is 5. The molecule has 208 valence electrons. The minimum atomic E-state index is -0.529. The molecule has 2 aromatic heterocycles. The van der Waals surface area contributed by atoms with Crippen LogP contribution in [0, 0.1) is 11.7 Å². The monoisotopic (exact) mass is 546 g/mol. The van der Waals surface area contributed by atoms with Crippen molar-refractivity contribution >= 4 is 50.9 Å². The van der Waals surface area contributed by atoms with E-state index in [4.69, 9.17) is 4.74 Å². The van der Waals surface area contributed by atoms with Gasteiger partial charge in [0.2, 0.25) is 11.9 Å².